The maximum absolute atomic E-state index is 11.8. The third kappa shape index (κ3) is 3.23. The van der Waals surface area contributed by atoms with Gasteiger partial charge in [0.2, 0.25) is 5.91 Å². The average Bonchev–Trinajstić information content (AvgIpc) is 2.90. The number of amides is 1. The monoisotopic (exact) mass is 247 g/mol. The van der Waals surface area contributed by atoms with Gasteiger partial charge in [0.1, 0.15) is 0 Å². The number of hydrogen-bond acceptors (Lipinski definition) is 3. The fourth-order valence-corrected chi connectivity index (χ4v) is 2.13. The van der Waals surface area contributed by atoms with E-state index in [2.05, 4.69) is 39.8 Å². The molecular formula is C14H21N3O. The van der Waals surface area contributed by atoms with Crippen molar-refractivity contribution < 1.29 is 4.79 Å². The number of nitrogens with one attached hydrogen (secondary N) is 2. The Kier molecular flexibility index (Phi) is 4.20. The Hall–Kier alpha value is -1.55. The van der Waals surface area contributed by atoms with Crippen LogP contribution in [0.5, 0.6) is 0 Å². The predicted octanol–water partition coefficient (Wildman–Crippen LogP) is 1.12. The molecule has 1 saturated heterocycles. The van der Waals surface area contributed by atoms with Crippen molar-refractivity contribution in [3.05, 3.63) is 29.8 Å². The quantitative estimate of drug-likeness (QED) is 0.838. The summed E-state index contributed by atoms with van der Waals surface area (Å²) < 4.78 is 0. The van der Waals surface area contributed by atoms with E-state index in [1.165, 1.54) is 5.69 Å². The van der Waals surface area contributed by atoms with Crippen LogP contribution < -0.4 is 15.5 Å². The average molecular weight is 247 g/mol. The fourth-order valence-electron chi connectivity index (χ4n) is 2.13. The van der Waals surface area contributed by atoms with Gasteiger partial charge in [0.05, 0.1) is 6.04 Å². The van der Waals surface area contributed by atoms with Crippen LogP contribution in [0.2, 0.25) is 0 Å². The van der Waals surface area contributed by atoms with Gasteiger partial charge in [0, 0.05) is 26.3 Å². The molecule has 0 aromatic heterocycles. The summed E-state index contributed by atoms with van der Waals surface area (Å²) in [6.07, 6.45) is 2.04. The van der Waals surface area contributed by atoms with Crippen LogP contribution in [0.1, 0.15) is 18.4 Å². The molecule has 0 saturated carbocycles. The Bertz CT molecular complexity index is 394. The van der Waals surface area contributed by atoms with E-state index in [0.717, 1.165) is 24.9 Å². The second-order valence-electron chi connectivity index (χ2n) is 4.93. The molecule has 1 fully saturated rings. The third-order valence-corrected chi connectivity index (χ3v) is 3.30. The second-order valence-corrected chi connectivity index (χ2v) is 4.93. The zero-order valence-electron chi connectivity index (χ0n) is 11.1. The molecule has 1 aromatic carbocycles. The Morgan fingerprint density at radius 1 is 1.39 bits per heavy atom. The van der Waals surface area contributed by atoms with Crippen LogP contribution in [-0.2, 0) is 11.3 Å². The van der Waals surface area contributed by atoms with E-state index in [0.29, 0.717) is 6.54 Å². The topological polar surface area (TPSA) is 44.4 Å². The number of carbonyl (C=O) groups excluding carboxylic acids is 1. The van der Waals surface area contributed by atoms with Gasteiger partial charge in [-0.05, 0) is 37.1 Å². The van der Waals surface area contributed by atoms with E-state index >= 15 is 0 Å². The number of rotatable bonds is 4. The first kappa shape index (κ1) is 12.9. The molecule has 18 heavy (non-hydrogen) atoms. The van der Waals surface area contributed by atoms with E-state index in [1.807, 2.05) is 14.1 Å². The number of anilines is 1. The van der Waals surface area contributed by atoms with Gasteiger partial charge in [-0.25, -0.2) is 0 Å². The summed E-state index contributed by atoms with van der Waals surface area (Å²) >= 11 is 0. The maximum Gasteiger partial charge on any atom is 0.237 e. The van der Waals surface area contributed by atoms with Crippen LogP contribution in [0, 0.1) is 0 Å². The number of benzene rings is 1. The van der Waals surface area contributed by atoms with Gasteiger partial charge in [-0.2, -0.15) is 0 Å². The van der Waals surface area contributed by atoms with Crippen LogP contribution in [0.4, 0.5) is 5.69 Å². The number of hydrogen-bond donors (Lipinski definition) is 2. The van der Waals surface area contributed by atoms with Crippen molar-refractivity contribution in [2.75, 3.05) is 25.5 Å². The molecule has 0 spiro atoms. The highest BCUT2D eigenvalue weighted by Crippen LogP contribution is 2.12. The Morgan fingerprint density at radius 3 is 2.67 bits per heavy atom. The molecule has 0 aliphatic carbocycles. The molecule has 0 radical (unpaired) electrons. The first-order chi connectivity index (χ1) is 8.66. The Morgan fingerprint density at radius 2 is 2.11 bits per heavy atom. The third-order valence-electron chi connectivity index (χ3n) is 3.30. The number of carbonyl (C=O) groups is 1. The molecule has 1 aliphatic heterocycles. The zero-order valence-corrected chi connectivity index (χ0v) is 11.1. The van der Waals surface area contributed by atoms with Crippen LogP contribution in [0.25, 0.3) is 0 Å². The van der Waals surface area contributed by atoms with Crippen molar-refractivity contribution in [2.45, 2.75) is 25.4 Å². The summed E-state index contributed by atoms with van der Waals surface area (Å²) in [6.45, 7) is 1.56. The summed E-state index contributed by atoms with van der Waals surface area (Å²) in [5, 5.41) is 6.17. The minimum Gasteiger partial charge on any atom is -0.378 e. The van der Waals surface area contributed by atoms with Crippen LogP contribution in [-0.4, -0.2) is 32.6 Å². The van der Waals surface area contributed by atoms with Crippen molar-refractivity contribution in [3.8, 4) is 0 Å². The van der Waals surface area contributed by atoms with Gasteiger partial charge < -0.3 is 15.5 Å². The number of nitrogens with zero attached hydrogens (tertiary/aromatic N) is 1. The predicted molar refractivity (Wildman–Crippen MR) is 73.6 cm³/mol. The lowest BCUT2D eigenvalue weighted by Crippen LogP contribution is -2.39. The Labute approximate surface area is 108 Å². The van der Waals surface area contributed by atoms with Crippen molar-refractivity contribution in [2.24, 2.45) is 0 Å². The SMILES string of the molecule is CN(C)c1ccc(CNC(=O)C2CCCN2)cc1. The van der Waals surface area contributed by atoms with Gasteiger partial charge in [0.25, 0.3) is 0 Å². The molecule has 2 N–H and O–H groups in total. The normalized spacial score (nSPS) is 18.7. The standard InChI is InChI=1S/C14H21N3O/c1-17(2)12-7-5-11(6-8-12)10-16-14(18)13-4-3-9-15-13/h5-8,13,15H,3-4,9-10H2,1-2H3,(H,16,18). The Balaban J connectivity index is 1.84. The summed E-state index contributed by atoms with van der Waals surface area (Å²) in [5.74, 6) is 0.115. The lowest BCUT2D eigenvalue weighted by molar-refractivity contribution is -0.122. The summed E-state index contributed by atoms with van der Waals surface area (Å²) in [6, 6.07) is 8.24. The molecule has 4 heteroatoms. The van der Waals surface area contributed by atoms with Crippen LogP contribution >= 0.6 is 0 Å². The molecule has 0 bridgehead atoms. The van der Waals surface area contributed by atoms with Gasteiger partial charge in [-0.3, -0.25) is 4.79 Å². The van der Waals surface area contributed by atoms with Crippen LogP contribution in [0.3, 0.4) is 0 Å². The van der Waals surface area contributed by atoms with Gasteiger partial charge in [-0.15, -0.1) is 0 Å². The first-order valence-electron chi connectivity index (χ1n) is 6.44. The van der Waals surface area contributed by atoms with Crippen molar-refractivity contribution in [1.82, 2.24) is 10.6 Å². The van der Waals surface area contributed by atoms with Gasteiger partial charge in [0.15, 0.2) is 0 Å². The highest BCUT2D eigenvalue weighted by molar-refractivity contribution is 5.81. The van der Waals surface area contributed by atoms with Gasteiger partial charge in [-0.1, -0.05) is 12.1 Å². The zero-order chi connectivity index (χ0) is 13.0. The molecule has 1 atom stereocenters. The minimum atomic E-state index is 0.00560. The molecule has 4 nitrogen and oxygen atoms in total. The molecule has 1 aromatic rings. The molecular weight excluding hydrogens is 226 g/mol. The molecule has 2 rings (SSSR count). The van der Waals surface area contributed by atoms with Crippen molar-refractivity contribution in [3.63, 3.8) is 0 Å². The summed E-state index contributed by atoms with van der Waals surface area (Å²) in [4.78, 5) is 13.9. The minimum absolute atomic E-state index is 0.00560. The second kappa shape index (κ2) is 5.87. The first-order valence-corrected chi connectivity index (χ1v) is 6.44. The lowest BCUT2D eigenvalue weighted by atomic mass is 10.2. The fraction of sp³-hybridized carbons (Fsp3) is 0.500. The van der Waals surface area contributed by atoms with Crippen molar-refractivity contribution >= 4 is 11.6 Å². The van der Waals surface area contributed by atoms with E-state index in [-0.39, 0.29) is 11.9 Å². The van der Waals surface area contributed by atoms with E-state index in [9.17, 15) is 4.79 Å². The van der Waals surface area contributed by atoms with Crippen molar-refractivity contribution in [1.29, 1.82) is 0 Å². The van der Waals surface area contributed by atoms with E-state index in [1.54, 1.807) is 0 Å². The largest absolute Gasteiger partial charge is 0.378 e. The molecule has 1 aliphatic rings. The smallest absolute Gasteiger partial charge is 0.237 e. The highest BCUT2D eigenvalue weighted by atomic mass is 16.2. The van der Waals surface area contributed by atoms with Gasteiger partial charge >= 0.3 is 0 Å². The molecule has 1 heterocycles. The molecule has 98 valence electrons. The summed E-state index contributed by atoms with van der Waals surface area (Å²) in [7, 11) is 4.03. The van der Waals surface area contributed by atoms with Crippen LogP contribution in [0.15, 0.2) is 24.3 Å². The van der Waals surface area contributed by atoms with E-state index in [4.69, 9.17) is 0 Å². The maximum atomic E-state index is 11.8. The van der Waals surface area contributed by atoms with E-state index < -0.39 is 0 Å². The molecule has 1 amide bonds. The highest BCUT2D eigenvalue weighted by Gasteiger charge is 2.21. The lowest BCUT2D eigenvalue weighted by Gasteiger charge is -2.14. The summed E-state index contributed by atoms with van der Waals surface area (Å²) in [5.41, 5.74) is 2.30. The molecule has 1 unspecified atom stereocenters.